The quantitative estimate of drug-likeness (QED) is 0.586. The van der Waals surface area contributed by atoms with Crippen molar-refractivity contribution in [2.45, 2.75) is 46.5 Å². The summed E-state index contributed by atoms with van der Waals surface area (Å²) in [5.74, 6) is 0. The van der Waals surface area contributed by atoms with Crippen LogP contribution in [0.1, 0.15) is 46.5 Å². The fourth-order valence-electron chi connectivity index (χ4n) is 1.19. The van der Waals surface area contributed by atoms with Crippen LogP contribution in [0.2, 0.25) is 0 Å². The zero-order valence-corrected chi connectivity index (χ0v) is 12.0. The molecule has 2 amide bonds. The van der Waals surface area contributed by atoms with E-state index in [9.17, 15) is 4.79 Å². The van der Waals surface area contributed by atoms with Crippen molar-refractivity contribution in [3.8, 4) is 0 Å². The summed E-state index contributed by atoms with van der Waals surface area (Å²) in [6, 6.07) is -0.0175. The van der Waals surface area contributed by atoms with Crippen molar-refractivity contribution in [1.29, 1.82) is 0 Å². The molecule has 1 N–H and O–H groups in total. The van der Waals surface area contributed by atoms with E-state index in [1.165, 1.54) is 11.9 Å². The summed E-state index contributed by atoms with van der Waals surface area (Å²) < 4.78 is 3.50. The largest absolute Gasteiger partial charge is 0.327 e. The summed E-state index contributed by atoms with van der Waals surface area (Å²) in [6.45, 7) is 7.74. The van der Waals surface area contributed by atoms with Crippen LogP contribution in [-0.4, -0.2) is 28.2 Å². The molecule has 0 radical (unpaired) electrons. The van der Waals surface area contributed by atoms with Gasteiger partial charge in [0.05, 0.1) is 4.20 Å². The van der Waals surface area contributed by atoms with Gasteiger partial charge in [0, 0.05) is 13.1 Å². The average molecular weight is 262 g/mol. The molecule has 0 saturated carbocycles. The lowest BCUT2D eigenvalue weighted by atomic mass is 10.3. The van der Waals surface area contributed by atoms with Crippen LogP contribution in [0.25, 0.3) is 0 Å². The first-order valence-corrected chi connectivity index (χ1v) is 7.06. The maximum Gasteiger partial charge on any atom is 0.327 e. The van der Waals surface area contributed by atoms with Gasteiger partial charge in [0.1, 0.15) is 0 Å². The summed E-state index contributed by atoms with van der Waals surface area (Å²) in [6.07, 6.45) is 4.32. The molecule has 0 bridgehead atoms. The minimum absolute atomic E-state index is 0.0175. The second kappa shape index (κ2) is 9.90. The van der Waals surface area contributed by atoms with Crippen molar-refractivity contribution < 1.29 is 4.79 Å². The SMILES string of the molecule is CCCCN(CCCC)C(=O)NSC(C)=S. The molecule has 0 aromatic carbocycles. The van der Waals surface area contributed by atoms with Gasteiger partial charge in [-0.3, -0.25) is 4.72 Å². The molecule has 0 spiro atoms. The molecule has 0 unspecified atom stereocenters. The number of nitrogens with one attached hydrogen (secondary N) is 1. The maximum absolute atomic E-state index is 11.8. The Morgan fingerprint density at radius 1 is 1.25 bits per heavy atom. The molecular formula is C11H22N2OS2. The van der Waals surface area contributed by atoms with Crippen LogP contribution in [0.4, 0.5) is 4.79 Å². The van der Waals surface area contributed by atoms with Crippen molar-refractivity contribution in [2.75, 3.05) is 13.1 Å². The molecule has 0 aromatic heterocycles. The van der Waals surface area contributed by atoms with Crippen LogP contribution < -0.4 is 4.72 Å². The van der Waals surface area contributed by atoms with Crippen LogP contribution >= 0.6 is 24.2 Å². The first-order chi connectivity index (χ1) is 7.61. The Morgan fingerprint density at radius 2 is 1.75 bits per heavy atom. The molecule has 0 atom stereocenters. The smallest absolute Gasteiger partial charge is 0.324 e. The topological polar surface area (TPSA) is 32.3 Å². The molecule has 0 aliphatic carbocycles. The number of hydrogen-bond donors (Lipinski definition) is 1. The fraction of sp³-hybridized carbons (Fsp3) is 0.818. The normalized spacial score (nSPS) is 9.94. The lowest BCUT2D eigenvalue weighted by Crippen LogP contribution is -2.38. The van der Waals surface area contributed by atoms with Gasteiger partial charge in [0.2, 0.25) is 0 Å². The van der Waals surface area contributed by atoms with Crippen molar-refractivity contribution in [2.24, 2.45) is 0 Å². The molecule has 3 nitrogen and oxygen atoms in total. The van der Waals surface area contributed by atoms with E-state index >= 15 is 0 Å². The van der Waals surface area contributed by atoms with E-state index in [4.69, 9.17) is 12.2 Å². The third-order valence-electron chi connectivity index (χ3n) is 2.13. The summed E-state index contributed by atoms with van der Waals surface area (Å²) in [5, 5.41) is 0. The summed E-state index contributed by atoms with van der Waals surface area (Å²) in [7, 11) is 0. The van der Waals surface area contributed by atoms with E-state index in [0.717, 1.165) is 43.0 Å². The number of thiocarbonyl (C=S) groups is 1. The number of hydrogen-bond acceptors (Lipinski definition) is 3. The van der Waals surface area contributed by atoms with Crippen molar-refractivity contribution in [3.63, 3.8) is 0 Å². The average Bonchev–Trinajstić information content (AvgIpc) is 2.26. The summed E-state index contributed by atoms with van der Waals surface area (Å²) >= 11 is 6.13. The first kappa shape index (κ1) is 15.7. The highest BCUT2D eigenvalue weighted by Gasteiger charge is 2.11. The van der Waals surface area contributed by atoms with E-state index in [2.05, 4.69) is 18.6 Å². The van der Waals surface area contributed by atoms with Crippen LogP contribution in [0.15, 0.2) is 0 Å². The van der Waals surface area contributed by atoms with Crippen molar-refractivity contribution in [3.05, 3.63) is 0 Å². The highest BCUT2D eigenvalue weighted by Crippen LogP contribution is 2.03. The number of carbonyl (C=O) groups is 1. The molecule has 5 heteroatoms. The number of nitrogens with zero attached hydrogens (tertiary/aromatic N) is 1. The minimum Gasteiger partial charge on any atom is -0.324 e. The molecule has 0 rings (SSSR count). The number of carbonyl (C=O) groups excluding carboxylic acids is 1. The third-order valence-corrected chi connectivity index (χ3v) is 2.95. The predicted octanol–water partition coefficient (Wildman–Crippen LogP) is 3.59. The molecule has 0 aliphatic heterocycles. The molecular weight excluding hydrogens is 240 g/mol. The van der Waals surface area contributed by atoms with Gasteiger partial charge in [-0.2, -0.15) is 0 Å². The second-order valence-corrected chi connectivity index (χ2v) is 5.59. The van der Waals surface area contributed by atoms with Crippen molar-refractivity contribution in [1.82, 2.24) is 9.62 Å². The zero-order chi connectivity index (χ0) is 12.4. The molecule has 16 heavy (non-hydrogen) atoms. The Bertz CT molecular complexity index is 214. The Kier molecular flexibility index (Phi) is 9.72. The van der Waals surface area contributed by atoms with Gasteiger partial charge in [-0.15, -0.1) is 0 Å². The predicted molar refractivity (Wildman–Crippen MR) is 75.8 cm³/mol. The Balaban J connectivity index is 4.03. The van der Waals surface area contributed by atoms with E-state index in [-0.39, 0.29) is 6.03 Å². The van der Waals surface area contributed by atoms with Crippen LogP contribution in [0.5, 0.6) is 0 Å². The van der Waals surface area contributed by atoms with Gasteiger partial charge in [0.15, 0.2) is 0 Å². The maximum atomic E-state index is 11.8. The fourth-order valence-corrected chi connectivity index (χ4v) is 1.68. The number of rotatable bonds is 6. The molecule has 94 valence electrons. The van der Waals surface area contributed by atoms with Crippen molar-refractivity contribution >= 4 is 34.4 Å². The Labute approximate surface area is 108 Å². The lowest BCUT2D eigenvalue weighted by Gasteiger charge is -2.22. The van der Waals surface area contributed by atoms with Gasteiger partial charge in [-0.1, -0.05) is 38.9 Å². The molecule has 0 fully saturated rings. The van der Waals surface area contributed by atoms with Crippen LogP contribution in [-0.2, 0) is 0 Å². The zero-order valence-electron chi connectivity index (χ0n) is 10.4. The van der Waals surface area contributed by atoms with E-state index in [1.807, 2.05) is 11.8 Å². The highest BCUT2D eigenvalue weighted by atomic mass is 32.2. The lowest BCUT2D eigenvalue weighted by molar-refractivity contribution is 0.202. The standard InChI is InChI=1S/C11H22N2OS2/c1-4-6-8-13(9-7-5-2)11(14)12-16-10(3)15/h4-9H2,1-3H3,(H,12,14). The van der Waals surface area contributed by atoms with Gasteiger partial charge in [0.25, 0.3) is 0 Å². The Hall–Kier alpha value is -0.290. The van der Waals surface area contributed by atoms with E-state index in [1.54, 1.807) is 0 Å². The summed E-state index contributed by atoms with van der Waals surface area (Å²) in [5.41, 5.74) is 0. The molecule has 0 saturated heterocycles. The molecule has 0 aliphatic rings. The van der Waals surface area contributed by atoms with Crippen LogP contribution in [0, 0.1) is 0 Å². The minimum atomic E-state index is -0.0175. The highest BCUT2D eigenvalue weighted by molar-refractivity contribution is 8.22. The molecule has 0 heterocycles. The number of unbranched alkanes of at least 4 members (excludes halogenated alkanes) is 2. The number of urea groups is 1. The van der Waals surface area contributed by atoms with E-state index < -0.39 is 0 Å². The second-order valence-electron chi connectivity index (χ2n) is 3.70. The molecule has 0 aromatic rings. The Morgan fingerprint density at radius 3 is 2.12 bits per heavy atom. The third kappa shape index (κ3) is 7.93. The van der Waals surface area contributed by atoms with Gasteiger partial charge in [-0.05, 0) is 31.7 Å². The monoisotopic (exact) mass is 262 g/mol. The van der Waals surface area contributed by atoms with Crippen LogP contribution in [0.3, 0.4) is 0 Å². The number of amides is 2. The first-order valence-electron chi connectivity index (χ1n) is 5.84. The summed E-state index contributed by atoms with van der Waals surface area (Å²) in [4.78, 5) is 13.7. The van der Waals surface area contributed by atoms with Gasteiger partial charge >= 0.3 is 6.03 Å². The van der Waals surface area contributed by atoms with Gasteiger partial charge in [-0.25, -0.2) is 4.79 Å². The van der Waals surface area contributed by atoms with E-state index in [0.29, 0.717) is 0 Å². The van der Waals surface area contributed by atoms with Gasteiger partial charge < -0.3 is 4.90 Å².